The largest absolute Gasteiger partial charge is 0.360 e. The fourth-order valence-corrected chi connectivity index (χ4v) is 4.60. The summed E-state index contributed by atoms with van der Waals surface area (Å²) in [6.45, 7) is 6.24. The number of piperazine rings is 1. The van der Waals surface area contributed by atoms with Crippen LogP contribution in [0.5, 0.6) is 0 Å². The number of para-hydroxylation sites is 2. The summed E-state index contributed by atoms with van der Waals surface area (Å²) in [7, 11) is 0. The molecular formula is C23H27N4O+. The normalized spacial score (nSPS) is 17.7. The van der Waals surface area contributed by atoms with Crippen molar-refractivity contribution in [1.29, 1.82) is 0 Å². The van der Waals surface area contributed by atoms with Crippen molar-refractivity contribution < 1.29 is 9.69 Å². The minimum absolute atomic E-state index is 0.291. The Hall–Kier alpha value is -2.79. The molecule has 0 radical (unpaired) electrons. The van der Waals surface area contributed by atoms with E-state index in [1.807, 2.05) is 0 Å². The van der Waals surface area contributed by atoms with E-state index >= 15 is 0 Å². The van der Waals surface area contributed by atoms with Crippen LogP contribution in [0.3, 0.4) is 0 Å². The molecule has 2 aliphatic heterocycles. The highest BCUT2D eigenvalue weighted by atomic mass is 16.2. The van der Waals surface area contributed by atoms with Gasteiger partial charge in [-0.05, 0) is 18.2 Å². The summed E-state index contributed by atoms with van der Waals surface area (Å²) >= 11 is 0. The third-order valence-corrected chi connectivity index (χ3v) is 6.23. The van der Waals surface area contributed by atoms with Crippen LogP contribution in [0.4, 0.5) is 5.69 Å². The summed E-state index contributed by atoms with van der Waals surface area (Å²) in [4.78, 5) is 22.4. The first-order valence-corrected chi connectivity index (χ1v) is 10.3. The van der Waals surface area contributed by atoms with Crippen LogP contribution in [-0.2, 0) is 17.8 Å². The van der Waals surface area contributed by atoms with Crippen molar-refractivity contribution in [3.05, 3.63) is 65.9 Å². The molecule has 0 saturated carbocycles. The second kappa shape index (κ2) is 7.32. The molecule has 0 spiro atoms. The average Bonchev–Trinajstić information content (AvgIpc) is 3.13. The number of anilines is 1. The zero-order chi connectivity index (χ0) is 18.9. The molecule has 0 atom stereocenters. The molecule has 2 N–H and O–H groups in total. The summed E-state index contributed by atoms with van der Waals surface area (Å²) in [6.07, 6.45) is 0.923. The van der Waals surface area contributed by atoms with Crippen molar-refractivity contribution in [1.82, 2.24) is 9.88 Å². The predicted molar refractivity (Wildman–Crippen MR) is 112 cm³/mol. The lowest BCUT2D eigenvalue weighted by molar-refractivity contribution is -0.892. The maximum Gasteiger partial charge on any atom is 0.278 e. The first-order chi connectivity index (χ1) is 13.8. The summed E-state index contributed by atoms with van der Waals surface area (Å²) in [5, 5.41) is 1.26. The lowest BCUT2D eigenvalue weighted by Crippen LogP contribution is -3.15. The Morgan fingerprint density at radius 3 is 2.54 bits per heavy atom. The Morgan fingerprint density at radius 1 is 0.964 bits per heavy atom. The fourth-order valence-electron chi connectivity index (χ4n) is 4.60. The molecule has 1 amide bonds. The number of rotatable bonds is 3. The average molecular weight is 375 g/mol. The minimum Gasteiger partial charge on any atom is -0.360 e. The summed E-state index contributed by atoms with van der Waals surface area (Å²) in [6, 6.07) is 19.0. The number of nitrogens with zero attached hydrogens (tertiary/aromatic N) is 2. The highest BCUT2D eigenvalue weighted by Gasteiger charge is 2.28. The van der Waals surface area contributed by atoms with E-state index in [0.29, 0.717) is 12.5 Å². The van der Waals surface area contributed by atoms with Crippen LogP contribution in [0.2, 0.25) is 0 Å². The van der Waals surface area contributed by atoms with Gasteiger partial charge < -0.3 is 19.7 Å². The standard InChI is InChI=1S/C23H26N4O/c28-23(17-25-12-14-26(15-13-25)18-6-2-1-3-7-18)27-11-10-22-20(16-27)19-8-4-5-9-21(19)24-22/h1-9,24H,10-17H2/p+1. The number of hydrogen-bond acceptors (Lipinski definition) is 2. The molecule has 1 aromatic heterocycles. The number of aromatic nitrogens is 1. The van der Waals surface area contributed by atoms with E-state index in [1.165, 1.54) is 32.7 Å². The van der Waals surface area contributed by atoms with Crippen molar-refractivity contribution in [2.75, 3.05) is 44.2 Å². The van der Waals surface area contributed by atoms with Gasteiger partial charge in [-0.1, -0.05) is 36.4 Å². The topological polar surface area (TPSA) is 43.8 Å². The van der Waals surface area contributed by atoms with Gasteiger partial charge in [0.05, 0.1) is 26.2 Å². The number of aromatic amines is 1. The van der Waals surface area contributed by atoms with Gasteiger partial charge in [0.25, 0.3) is 5.91 Å². The van der Waals surface area contributed by atoms with Crippen LogP contribution in [-0.4, -0.2) is 55.1 Å². The first kappa shape index (κ1) is 17.3. The zero-order valence-electron chi connectivity index (χ0n) is 16.2. The summed E-state index contributed by atoms with van der Waals surface area (Å²) in [5.41, 5.74) is 5.08. The van der Waals surface area contributed by atoms with Crippen LogP contribution in [0.25, 0.3) is 10.9 Å². The number of hydrogen-bond donors (Lipinski definition) is 2. The smallest absolute Gasteiger partial charge is 0.278 e. The van der Waals surface area contributed by atoms with E-state index in [4.69, 9.17) is 0 Å². The molecule has 0 aliphatic carbocycles. The van der Waals surface area contributed by atoms with Gasteiger partial charge in [-0.2, -0.15) is 0 Å². The zero-order valence-corrected chi connectivity index (χ0v) is 16.2. The maximum atomic E-state index is 13.0. The fraction of sp³-hybridized carbons (Fsp3) is 0.348. The summed E-state index contributed by atoms with van der Waals surface area (Å²) < 4.78 is 0. The van der Waals surface area contributed by atoms with Crippen LogP contribution < -0.4 is 9.80 Å². The number of H-pyrrole nitrogens is 1. The van der Waals surface area contributed by atoms with Crippen LogP contribution in [0, 0.1) is 0 Å². The molecule has 3 heterocycles. The molecule has 0 bridgehead atoms. The highest BCUT2D eigenvalue weighted by Crippen LogP contribution is 2.27. The second-order valence-corrected chi connectivity index (χ2v) is 7.94. The van der Waals surface area contributed by atoms with Gasteiger partial charge in [-0.15, -0.1) is 0 Å². The van der Waals surface area contributed by atoms with Gasteiger partial charge in [-0.25, -0.2) is 0 Å². The lowest BCUT2D eigenvalue weighted by Gasteiger charge is -2.35. The molecule has 0 unspecified atom stereocenters. The molecule has 2 aliphatic rings. The third-order valence-electron chi connectivity index (χ3n) is 6.23. The Labute approximate surface area is 165 Å². The lowest BCUT2D eigenvalue weighted by atomic mass is 10.0. The predicted octanol–water partition coefficient (Wildman–Crippen LogP) is 1.46. The van der Waals surface area contributed by atoms with Gasteiger partial charge >= 0.3 is 0 Å². The second-order valence-electron chi connectivity index (χ2n) is 7.94. The monoisotopic (exact) mass is 375 g/mol. The number of carbonyl (C=O) groups is 1. The van der Waals surface area contributed by atoms with Crippen molar-refractivity contribution in [3.63, 3.8) is 0 Å². The van der Waals surface area contributed by atoms with E-state index in [9.17, 15) is 4.79 Å². The molecule has 5 heteroatoms. The van der Waals surface area contributed by atoms with Gasteiger partial charge in [0.1, 0.15) is 0 Å². The third kappa shape index (κ3) is 3.27. The molecule has 5 nitrogen and oxygen atoms in total. The van der Waals surface area contributed by atoms with Crippen molar-refractivity contribution in [2.45, 2.75) is 13.0 Å². The van der Waals surface area contributed by atoms with Gasteiger partial charge in [0, 0.05) is 47.4 Å². The van der Waals surface area contributed by atoms with Crippen LogP contribution in [0.1, 0.15) is 11.3 Å². The Balaban J connectivity index is 1.20. The van der Waals surface area contributed by atoms with E-state index in [0.717, 1.165) is 45.7 Å². The Kier molecular flexibility index (Phi) is 4.53. The molecule has 2 aromatic carbocycles. The van der Waals surface area contributed by atoms with E-state index in [1.54, 1.807) is 0 Å². The Morgan fingerprint density at radius 2 is 1.71 bits per heavy atom. The minimum atomic E-state index is 0.291. The van der Waals surface area contributed by atoms with E-state index in [2.05, 4.69) is 69.4 Å². The maximum absolute atomic E-state index is 13.0. The molecule has 1 saturated heterocycles. The molecule has 1 fully saturated rings. The molecule has 5 rings (SSSR count). The highest BCUT2D eigenvalue weighted by molar-refractivity contribution is 5.86. The summed E-state index contributed by atoms with van der Waals surface area (Å²) in [5.74, 6) is 0.291. The quantitative estimate of drug-likeness (QED) is 0.728. The van der Waals surface area contributed by atoms with Crippen LogP contribution >= 0.6 is 0 Å². The number of amides is 1. The van der Waals surface area contributed by atoms with Crippen molar-refractivity contribution in [2.24, 2.45) is 0 Å². The van der Waals surface area contributed by atoms with Gasteiger partial charge in [0.15, 0.2) is 6.54 Å². The van der Waals surface area contributed by atoms with Gasteiger partial charge in [0.2, 0.25) is 0 Å². The van der Waals surface area contributed by atoms with Crippen molar-refractivity contribution in [3.8, 4) is 0 Å². The molecule has 3 aromatic rings. The molecule has 28 heavy (non-hydrogen) atoms. The first-order valence-electron chi connectivity index (χ1n) is 10.3. The molecular weight excluding hydrogens is 348 g/mol. The van der Waals surface area contributed by atoms with Crippen LogP contribution in [0.15, 0.2) is 54.6 Å². The number of fused-ring (bicyclic) bond motifs is 3. The number of carbonyl (C=O) groups excluding carboxylic acids is 1. The Bertz CT molecular complexity index is 973. The van der Waals surface area contributed by atoms with Crippen molar-refractivity contribution >= 4 is 22.5 Å². The SMILES string of the molecule is O=C(C[NH+]1CCN(c2ccccc2)CC1)N1CCc2[nH]c3ccccc3c2C1. The van der Waals surface area contributed by atoms with E-state index < -0.39 is 0 Å². The molecule has 144 valence electrons. The van der Waals surface area contributed by atoms with Gasteiger partial charge in [-0.3, -0.25) is 4.79 Å². The number of nitrogens with one attached hydrogen (secondary N) is 2. The number of benzene rings is 2. The van der Waals surface area contributed by atoms with E-state index in [-0.39, 0.29) is 0 Å². The number of quaternary nitrogens is 1.